The number of carbonyl (C=O) groups excluding carboxylic acids is 1. The van der Waals surface area contributed by atoms with Gasteiger partial charge in [-0.1, -0.05) is 13.8 Å². The third-order valence-electron chi connectivity index (χ3n) is 3.68. The summed E-state index contributed by atoms with van der Waals surface area (Å²) in [5.41, 5.74) is 0.408. The Morgan fingerprint density at radius 3 is 2.63 bits per heavy atom. The van der Waals surface area contributed by atoms with Crippen LogP contribution in [-0.4, -0.2) is 32.3 Å². The van der Waals surface area contributed by atoms with E-state index in [9.17, 15) is 13.2 Å². The highest BCUT2D eigenvalue weighted by molar-refractivity contribution is 8.15. The Morgan fingerprint density at radius 1 is 1.42 bits per heavy atom. The molecule has 0 saturated carbocycles. The maximum absolute atomic E-state index is 12.3. The van der Waals surface area contributed by atoms with Gasteiger partial charge in [0.15, 0.2) is 0 Å². The van der Waals surface area contributed by atoms with Crippen molar-refractivity contribution in [2.45, 2.75) is 24.5 Å². The van der Waals surface area contributed by atoms with Crippen LogP contribution in [0.2, 0.25) is 0 Å². The monoisotopic (exact) mass is 321 g/mol. The number of piperidine rings is 1. The summed E-state index contributed by atoms with van der Waals surface area (Å²) in [4.78, 5) is 14.1. The van der Waals surface area contributed by atoms with E-state index in [-0.39, 0.29) is 10.1 Å². The molecule has 19 heavy (non-hydrogen) atoms. The number of halogens is 1. The molecule has 1 amide bonds. The van der Waals surface area contributed by atoms with Crippen LogP contribution < -0.4 is 0 Å². The van der Waals surface area contributed by atoms with E-state index >= 15 is 0 Å². The Balaban J connectivity index is 2.14. The molecular formula is C12H16ClNO3S2. The molecule has 1 aromatic rings. The number of nitrogens with zero attached hydrogens (tertiary/aromatic N) is 1. The number of hydrogen-bond donors (Lipinski definition) is 0. The molecule has 2 unspecified atom stereocenters. The topological polar surface area (TPSA) is 54.5 Å². The van der Waals surface area contributed by atoms with Gasteiger partial charge in [-0.3, -0.25) is 4.79 Å². The van der Waals surface area contributed by atoms with E-state index in [1.54, 1.807) is 10.3 Å². The fourth-order valence-electron chi connectivity index (χ4n) is 2.19. The third-order valence-corrected chi connectivity index (χ3v) is 6.72. The predicted molar refractivity (Wildman–Crippen MR) is 76.2 cm³/mol. The van der Waals surface area contributed by atoms with Gasteiger partial charge in [0.1, 0.15) is 4.21 Å². The number of amides is 1. The highest BCUT2D eigenvalue weighted by atomic mass is 35.7. The van der Waals surface area contributed by atoms with E-state index in [0.29, 0.717) is 17.4 Å². The summed E-state index contributed by atoms with van der Waals surface area (Å²) in [5, 5.41) is 1.56. The van der Waals surface area contributed by atoms with Crippen molar-refractivity contribution < 1.29 is 13.2 Å². The molecule has 0 spiro atoms. The van der Waals surface area contributed by atoms with E-state index < -0.39 is 9.05 Å². The molecule has 1 aliphatic heterocycles. The predicted octanol–water partition coefficient (Wildman–Crippen LogP) is 2.79. The van der Waals surface area contributed by atoms with E-state index in [1.807, 2.05) is 0 Å². The molecule has 2 heterocycles. The van der Waals surface area contributed by atoms with E-state index in [2.05, 4.69) is 13.8 Å². The van der Waals surface area contributed by atoms with Crippen LogP contribution in [0.3, 0.4) is 0 Å². The maximum atomic E-state index is 12.3. The first-order valence-corrected chi connectivity index (χ1v) is 9.30. The summed E-state index contributed by atoms with van der Waals surface area (Å²) in [6, 6.07) is 1.36. The average molecular weight is 322 g/mol. The molecule has 0 aliphatic carbocycles. The van der Waals surface area contributed by atoms with Crippen LogP contribution in [-0.2, 0) is 9.05 Å². The van der Waals surface area contributed by atoms with E-state index in [4.69, 9.17) is 10.7 Å². The summed E-state index contributed by atoms with van der Waals surface area (Å²) in [6.07, 6.45) is 0.984. The standard InChI is InChI=1S/C12H16ClNO3S2/c1-8-3-4-14(6-9(8)2)12(15)10-5-11(18-7-10)19(13,16)17/h5,7-9H,3-4,6H2,1-2H3. The molecule has 4 nitrogen and oxygen atoms in total. The first-order chi connectivity index (χ1) is 8.79. The van der Waals surface area contributed by atoms with Crippen molar-refractivity contribution in [3.05, 3.63) is 17.0 Å². The van der Waals surface area contributed by atoms with Crippen molar-refractivity contribution in [3.63, 3.8) is 0 Å². The van der Waals surface area contributed by atoms with Gasteiger partial charge in [-0.05, 0) is 24.3 Å². The second kappa shape index (κ2) is 5.42. The zero-order valence-corrected chi connectivity index (χ0v) is 13.2. The molecule has 2 rings (SSSR count). The molecule has 7 heteroatoms. The molecule has 2 atom stereocenters. The van der Waals surface area contributed by atoms with Crippen molar-refractivity contribution in [1.29, 1.82) is 0 Å². The fraction of sp³-hybridized carbons (Fsp3) is 0.583. The Labute approximate surface area is 121 Å². The zero-order chi connectivity index (χ0) is 14.2. The lowest BCUT2D eigenvalue weighted by atomic mass is 9.88. The molecule has 0 N–H and O–H groups in total. The van der Waals surface area contributed by atoms with Crippen molar-refractivity contribution >= 4 is 37.0 Å². The van der Waals surface area contributed by atoms with Crippen LogP contribution in [0.5, 0.6) is 0 Å². The minimum absolute atomic E-state index is 0.0240. The van der Waals surface area contributed by atoms with Crippen LogP contribution in [0.4, 0.5) is 0 Å². The van der Waals surface area contributed by atoms with Crippen LogP contribution in [0, 0.1) is 11.8 Å². The van der Waals surface area contributed by atoms with Crippen molar-refractivity contribution in [2.75, 3.05) is 13.1 Å². The SMILES string of the molecule is CC1CCN(C(=O)c2csc(S(=O)(=O)Cl)c2)CC1C. The number of carbonyl (C=O) groups is 1. The minimum Gasteiger partial charge on any atom is -0.338 e. The molecule has 0 radical (unpaired) electrons. The normalized spacial score (nSPS) is 24.5. The molecular weight excluding hydrogens is 306 g/mol. The molecule has 1 saturated heterocycles. The smallest absolute Gasteiger partial charge is 0.270 e. The van der Waals surface area contributed by atoms with Crippen molar-refractivity contribution in [1.82, 2.24) is 4.90 Å². The summed E-state index contributed by atoms with van der Waals surface area (Å²) in [5.74, 6) is 0.972. The molecule has 0 aromatic carbocycles. The lowest BCUT2D eigenvalue weighted by molar-refractivity contribution is 0.0628. The number of hydrogen-bond acceptors (Lipinski definition) is 4. The second-order valence-corrected chi connectivity index (χ2v) is 8.79. The maximum Gasteiger partial charge on any atom is 0.270 e. The summed E-state index contributed by atoms with van der Waals surface area (Å²) in [6.45, 7) is 5.77. The molecule has 1 aromatic heterocycles. The Hall–Kier alpha value is -0.590. The lowest BCUT2D eigenvalue weighted by Crippen LogP contribution is -2.42. The fourth-order valence-corrected chi connectivity index (χ4v) is 4.13. The van der Waals surface area contributed by atoms with Gasteiger partial charge in [0, 0.05) is 29.2 Å². The van der Waals surface area contributed by atoms with Gasteiger partial charge >= 0.3 is 0 Å². The van der Waals surface area contributed by atoms with Crippen LogP contribution in [0.1, 0.15) is 30.6 Å². The van der Waals surface area contributed by atoms with Crippen LogP contribution in [0.25, 0.3) is 0 Å². The molecule has 106 valence electrons. The van der Waals surface area contributed by atoms with Gasteiger partial charge in [-0.25, -0.2) is 8.42 Å². The van der Waals surface area contributed by atoms with E-state index in [0.717, 1.165) is 30.8 Å². The number of thiophene rings is 1. The Bertz CT molecular complexity index is 582. The van der Waals surface area contributed by atoms with Crippen LogP contribution >= 0.6 is 22.0 Å². The van der Waals surface area contributed by atoms with Crippen molar-refractivity contribution in [3.8, 4) is 0 Å². The second-order valence-electron chi connectivity index (χ2n) is 5.09. The highest BCUT2D eigenvalue weighted by Crippen LogP contribution is 2.27. The van der Waals surface area contributed by atoms with Gasteiger partial charge in [0.25, 0.3) is 15.0 Å². The van der Waals surface area contributed by atoms with Gasteiger partial charge in [-0.2, -0.15) is 0 Å². The summed E-state index contributed by atoms with van der Waals surface area (Å²) >= 11 is 0.983. The van der Waals surface area contributed by atoms with Gasteiger partial charge < -0.3 is 4.90 Å². The first-order valence-electron chi connectivity index (χ1n) is 6.11. The summed E-state index contributed by atoms with van der Waals surface area (Å²) in [7, 11) is 1.52. The average Bonchev–Trinajstić information content (AvgIpc) is 2.81. The zero-order valence-electron chi connectivity index (χ0n) is 10.8. The highest BCUT2D eigenvalue weighted by Gasteiger charge is 2.27. The van der Waals surface area contributed by atoms with Gasteiger partial charge in [0.2, 0.25) is 0 Å². The van der Waals surface area contributed by atoms with E-state index in [1.165, 1.54) is 6.07 Å². The van der Waals surface area contributed by atoms with Gasteiger partial charge in [-0.15, -0.1) is 11.3 Å². The lowest BCUT2D eigenvalue weighted by Gasteiger charge is -2.35. The number of rotatable bonds is 2. The Kier molecular flexibility index (Phi) is 4.23. The quantitative estimate of drug-likeness (QED) is 0.787. The molecule has 1 fully saturated rings. The van der Waals surface area contributed by atoms with Gasteiger partial charge in [0.05, 0.1) is 5.56 Å². The minimum atomic E-state index is -3.75. The van der Waals surface area contributed by atoms with Crippen LogP contribution in [0.15, 0.2) is 15.7 Å². The summed E-state index contributed by atoms with van der Waals surface area (Å²) < 4.78 is 22.4. The number of likely N-dealkylation sites (tertiary alicyclic amines) is 1. The molecule has 1 aliphatic rings. The largest absolute Gasteiger partial charge is 0.338 e. The first kappa shape index (κ1) is 14.8. The third kappa shape index (κ3) is 3.30. The van der Waals surface area contributed by atoms with Crippen molar-refractivity contribution in [2.24, 2.45) is 11.8 Å². The molecule has 0 bridgehead atoms. The Morgan fingerprint density at radius 2 is 2.11 bits per heavy atom.